The lowest BCUT2D eigenvalue weighted by Crippen LogP contribution is -2.39. The van der Waals surface area contributed by atoms with Gasteiger partial charge in [-0.25, -0.2) is 4.39 Å². The Kier molecular flexibility index (Phi) is 5.20. The van der Waals surface area contributed by atoms with Gasteiger partial charge in [-0.3, -0.25) is 14.9 Å². The maximum absolute atomic E-state index is 13.6. The predicted octanol–water partition coefficient (Wildman–Crippen LogP) is 1.93. The number of nitro groups is 1. The van der Waals surface area contributed by atoms with E-state index in [1.54, 1.807) is 13.8 Å². The predicted molar refractivity (Wildman–Crippen MR) is 76.0 cm³/mol. The van der Waals surface area contributed by atoms with Crippen molar-refractivity contribution in [3.05, 3.63) is 33.6 Å². The van der Waals surface area contributed by atoms with Crippen LogP contribution in [0.2, 0.25) is 0 Å². The Morgan fingerprint density at radius 3 is 2.57 bits per heavy atom. The zero-order chi connectivity index (χ0) is 16.2. The number of amides is 1. The second-order valence-electron chi connectivity index (χ2n) is 5.00. The highest BCUT2D eigenvalue weighted by Crippen LogP contribution is 2.26. The molecule has 0 spiro atoms. The van der Waals surface area contributed by atoms with Crippen molar-refractivity contribution in [2.45, 2.75) is 19.4 Å². The Balaban J connectivity index is 3.10. The molecule has 0 saturated carbocycles. The fourth-order valence-corrected chi connectivity index (χ4v) is 1.55. The molecule has 0 heterocycles. The summed E-state index contributed by atoms with van der Waals surface area (Å²) in [6, 6.07) is 1.84. The number of carbonyl (C=O) groups is 1. The van der Waals surface area contributed by atoms with E-state index >= 15 is 0 Å². The van der Waals surface area contributed by atoms with Gasteiger partial charge in [0.25, 0.3) is 11.6 Å². The molecular formula is C13H18FN3O4. The van der Waals surface area contributed by atoms with Crippen LogP contribution in [0.3, 0.4) is 0 Å². The number of halogens is 1. The zero-order valence-electron chi connectivity index (χ0n) is 12.3. The number of carbonyl (C=O) groups excluding carboxylic acids is 1. The minimum atomic E-state index is -0.794. The van der Waals surface area contributed by atoms with Gasteiger partial charge < -0.3 is 15.4 Å². The van der Waals surface area contributed by atoms with Crippen molar-refractivity contribution in [2.75, 3.05) is 26.0 Å². The van der Waals surface area contributed by atoms with Crippen molar-refractivity contribution in [2.24, 2.45) is 0 Å². The van der Waals surface area contributed by atoms with Crippen LogP contribution in [0, 0.1) is 15.9 Å². The molecule has 0 aliphatic heterocycles. The van der Waals surface area contributed by atoms with Crippen LogP contribution in [0.25, 0.3) is 0 Å². The van der Waals surface area contributed by atoms with Gasteiger partial charge in [-0.1, -0.05) is 0 Å². The fraction of sp³-hybridized carbons (Fsp3) is 0.462. The van der Waals surface area contributed by atoms with Crippen LogP contribution >= 0.6 is 0 Å². The van der Waals surface area contributed by atoms with E-state index in [1.807, 2.05) is 0 Å². The number of nitrogens with one attached hydrogen (secondary N) is 2. The monoisotopic (exact) mass is 299 g/mol. The summed E-state index contributed by atoms with van der Waals surface area (Å²) in [7, 11) is 2.95. The molecule has 0 aliphatic rings. The third kappa shape index (κ3) is 4.12. The number of anilines is 1. The molecule has 0 radical (unpaired) electrons. The van der Waals surface area contributed by atoms with Gasteiger partial charge >= 0.3 is 0 Å². The van der Waals surface area contributed by atoms with Crippen LogP contribution in [-0.4, -0.2) is 37.1 Å². The number of nitrogens with zero attached hydrogens (tertiary/aromatic N) is 1. The van der Waals surface area contributed by atoms with E-state index in [-0.39, 0.29) is 17.8 Å². The molecule has 0 saturated heterocycles. The summed E-state index contributed by atoms with van der Waals surface area (Å²) in [5.74, 6) is -1.46. The van der Waals surface area contributed by atoms with E-state index in [9.17, 15) is 19.3 Å². The molecule has 2 N–H and O–H groups in total. The van der Waals surface area contributed by atoms with E-state index in [4.69, 9.17) is 4.74 Å². The Bertz CT molecular complexity index is 561. The number of nitro benzene ring substituents is 1. The Hall–Kier alpha value is -2.22. The first-order valence-electron chi connectivity index (χ1n) is 6.21. The van der Waals surface area contributed by atoms with Crippen LogP contribution in [0.4, 0.5) is 15.8 Å². The first-order chi connectivity index (χ1) is 9.71. The summed E-state index contributed by atoms with van der Waals surface area (Å²) in [4.78, 5) is 22.2. The van der Waals surface area contributed by atoms with Crippen molar-refractivity contribution in [1.82, 2.24) is 5.32 Å². The summed E-state index contributed by atoms with van der Waals surface area (Å²) in [6.07, 6.45) is 0. The lowest BCUT2D eigenvalue weighted by molar-refractivity contribution is -0.385. The molecule has 7 nitrogen and oxygen atoms in total. The quantitative estimate of drug-likeness (QED) is 0.618. The third-order valence-electron chi connectivity index (χ3n) is 3.02. The summed E-state index contributed by atoms with van der Waals surface area (Å²) >= 11 is 0. The van der Waals surface area contributed by atoms with Crippen LogP contribution in [0.15, 0.2) is 12.1 Å². The molecule has 0 atom stereocenters. The van der Waals surface area contributed by atoms with Crippen LogP contribution in [0.5, 0.6) is 0 Å². The molecular weight excluding hydrogens is 281 g/mol. The lowest BCUT2D eigenvalue weighted by atomic mass is 10.1. The van der Waals surface area contributed by atoms with Gasteiger partial charge in [0.15, 0.2) is 5.82 Å². The molecule has 1 aromatic carbocycles. The Labute approximate surface area is 121 Å². The second-order valence-corrected chi connectivity index (χ2v) is 5.00. The molecule has 0 unspecified atom stereocenters. The Morgan fingerprint density at radius 2 is 2.10 bits per heavy atom. The largest absolute Gasteiger partial charge is 0.386 e. The van der Waals surface area contributed by atoms with Gasteiger partial charge in [0, 0.05) is 20.7 Å². The highest BCUT2D eigenvalue weighted by atomic mass is 19.1. The Morgan fingerprint density at radius 1 is 1.48 bits per heavy atom. The molecule has 0 fully saturated rings. The van der Waals surface area contributed by atoms with Gasteiger partial charge in [-0.05, 0) is 19.9 Å². The molecule has 0 aliphatic carbocycles. The maximum Gasteiger partial charge on any atom is 0.285 e. The molecule has 1 rings (SSSR count). The number of hydrogen-bond acceptors (Lipinski definition) is 5. The third-order valence-corrected chi connectivity index (χ3v) is 3.02. The van der Waals surface area contributed by atoms with Gasteiger partial charge in [-0.2, -0.15) is 0 Å². The standard InChI is InChI=1S/C13H18FN3O4/c1-13(2,21-4)7-16-12(18)8-5-10(15-3)9(14)6-11(8)17(19)20/h5-6,15H,7H2,1-4H3,(H,16,18). The minimum Gasteiger partial charge on any atom is -0.386 e. The SMILES string of the molecule is CNc1cc(C(=O)NCC(C)(C)OC)c([N+](=O)[O-])cc1F. The first-order valence-corrected chi connectivity index (χ1v) is 6.21. The van der Waals surface area contributed by atoms with Crippen LogP contribution < -0.4 is 10.6 Å². The van der Waals surface area contributed by atoms with Gasteiger partial charge in [0.2, 0.25) is 0 Å². The number of hydrogen-bond donors (Lipinski definition) is 2. The van der Waals surface area contributed by atoms with Crippen molar-refractivity contribution in [1.29, 1.82) is 0 Å². The molecule has 8 heteroatoms. The zero-order valence-corrected chi connectivity index (χ0v) is 12.3. The molecule has 116 valence electrons. The van der Waals surface area contributed by atoms with Gasteiger partial charge in [0.1, 0.15) is 5.56 Å². The van der Waals surface area contributed by atoms with Crippen molar-refractivity contribution in [3.63, 3.8) is 0 Å². The smallest absolute Gasteiger partial charge is 0.285 e. The van der Waals surface area contributed by atoms with E-state index in [1.165, 1.54) is 14.2 Å². The van der Waals surface area contributed by atoms with Crippen molar-refractivity contribution >= 4 is 17.3 Å². The average Bonchev–Trinajstić information content (AvgIpc) is 2.44. The summed E-state index contributed by atoms with van der Waals surface area (Å²) < 4.78 is 18.7. The van der Waals surface area contributed by atoms with Gasteiger partial charge in [-0.15, -0.1) is 0 Å². The number of rotatable bonds is 6. The summed E-state index contributed by atoms with van der Waals surface area (Å²) in [5, 5.41) is 16.0. The van der Waals surface area contributed by atoms with Crippen molar-refractivity contribution in [3.8, 4) is 0 Å². The van der Waals surface area contributed by atoms with Crippen LogP contribution in [0.1, 0.15) is 24.2 Å². The fourth-order valence-electron chi connectivity index (χ4n) is 1.55. The van der Waals surface area contributed by atoms with Crippen molar-refractivity contribution < 1.29 is 18.8 Å². The molecule has 21 heavy (non-hydrogen) atoms. The number of ether oxygens (including phenoxy) is 1. The van der Waals surface area contributed by atoms with E-state index in [2.05, 4.69) is 10.6 Å². The first kappa shape index (κ1) is 16.8. The van der Waals surface area contributed by atoms with E-state index in [0.29, 0.717) is 0 Å². The summed E-state index contributed by atoms with van der Waals surface area (Å²) in [5.41, 5.74) is -1.40. The lowest BCUT2D eigenvalue weighted by Gasteiger charge is -2.23. The number of benzene rings is 1. The van der Waals surface area contributed by atoms with E-state index in [0.717, 1.165) is 12.1 Å². The highest BCUT2D eigenvalue weighted by molar-refractivity contribution is 5.99. The molecule has 0 aromatic heterocycles. The van der Waals surface area contributed by atoms with E-state index < -0.39 is 27.9 Å². The molecule has 0 bridgehead atoms. The average molecular weight is 299 g/mol. The molecule has 1 aromatic rings. The number of methoxy groups -OCH3 is 1. The summed E-state index contributed by atoms with van der Waals surface area (Å²) in [6.45, 7) is 3.67. The normalized spacial score (nSPS) is 11.1. The highest BCUT2D eigenvalue weighted by Gasteiger charge is 2.25. The maximum atomic E-state index is 13.6. The topological polar surface area (TPSA) is 93.5 Å². The minimum absolute atomic E-state index is 0.0109. The molecule has 1 amide bonds. The van der Waals surface area contributed by atoms with Gasteiger partial charge in [0.05, 0.1) is 22.3 Å². The second kappa shape index (κ2) is 6.49. The van der Waals surface area contributed by atoms with Crippen LogP contribution in [-0.2, 0) is 4.74 Å².